The smallest absolute Gasteiger partial charge is 0.326 e. The summed E-state index contributed by atoms with van der Waals surface area (Å²) in [6.07, 6.45) is 1.07. The highest BCUT2D eigenvalue weighted by Crippen LogP contribution is 2.19. The summed E-state index contributed by atoms with van der Waals surface area (Å²) < 4.78 is 5.74. The van der Waals surface area contributed by atoms with Gasteiger partial charge in [-0.25, -0.2) is 9.78 Å². The average Bonchev–Trinajstić information content (AvgIpc) is 3.12. The first-order valence-electron chi connectivity index (χ1n) is 9.49. The van der Waals surface area contributed by atoms with Gasteiger partial charge >= 0.3 is 6.03 Å². The Morgan fingerprint density at radius 3 is 2.68 bits per heavy atom. The predicted molar refractivity (Wildman–Crippen MR) is 105 cm³/mol. The van der Waals surface area contributed by atoms with Crippen molar-refractivity contribution in [2.45, 2.75) is 45.4 Å². The molecule has 0 aliphatic carbocycles. The van der Waals surface area contributed by atoms with Gasteiger partial charge in [0, 0.05) is 45.0 Å². The van der Waals surface area contributed by atoms with Crippen molar-refractivity contribution >= 4 is 34.3 Å². The monoisotopic (exact) mass is 409 g/mol. The van der Waals surface area contributed by atoms with E-state index >= 15 is 0 Å². The summed E-state index contributed by atoms with van der Waals surface area (Å²) in [5.74, 6) is -0.383. The Kier molecular flexibility index (Phi) is 6.63. The Labute approximate surface area is 168 Å². The van der Waals surface area contributed by atoms with E-state index in [-0.39, 0.29) is 49.6 Å². The highest BCUT2D eigenvalue weighted by atomic mass is 32.1. The quantitative estimate of drug-likeness (QED) is 0.684. The Bertz CT molecular complexity index is 729. The van der Waals surface area contributed by atoms with Crippen molar-refractivity contribution < 1.29 is 19.1 Å². The van der Waals surface area contributed by atoms with Gasteiger partial charge in [-0.05, 0) is 20.3 Å². The predicted octanol–water partition coefficient (Wildman–Crippen LogP) is 1.36. The van der Waals surface area contributed by atoms with Crippen LogP contribution in [-0.2, 0) is 20.9 Å². The molecule has 0 spiro atoms. The molecule has 1 aromatic heterocycles. The maximum Gasteiger partial charge on any atom is 0.326 e. The molecule has 0 radical (unpaired) electrons. The van der Waals surface area contributed by atoms with Crippen LogP contribution < -0.4 is 5.32 Å². The van der Waals surface area contributed by atoms with Gasteiger partial charge < -0.3 is 15.0 Å². The van der Waals surface area contributed by atoms with Crippen LogP contribution in [0.15, 0.2) is 5.38 Å². The molecule has 0 bridgehead atoms. The van der Waals surface area contributed by atoms with Crippen molar-refractivity contribution in [2.75, 3.05) is 38.5 Å². The van der Waals surface area contributed by atoms with Gasteiger partial charge in [0.25, 0.3) is 0 Å². The minimum Gasteiger partial charge on any atom is -0.373 e. The maximum atomic E-state index is 12.1. The molecule has 2 atom stereocenters. The van der Waals surface area contributed by atoms with Crippen LogP contribution in [0.4, 0.5) is 9.93 Å². The number of amides is 4. The fourth-order valence-corrected chi connectivity index (χ4v) is 4.27. The number of hydrogen-bond acceptors (Lipinski definition) is 7. The van der Waals surface area contributed by atoms with Crippen LogP contribution in [0, 0.1) is 0 Å². The zero-order valence-electron chi connectivity index (χ0n) is 16.5. The molecule has 2 unspecified atom stereocenters. The number of carbonyl (C=O) groups excluding carboxylic acids is 3. The molecule has 4 amide bonds. The number of hydrogen-bond donors (Lipinski definition) is 1. The number of morpholine rings is 1. The lowest BCUT2D eigenvalue weighted by Crippen LogP contribution is -2.44. The lowest BCUT2D eigenvalue weighted by Gasteiger charge is -2.34. The molecule has 2 aliphatic heterocycles. The van der Waals surface area contributed by atoms with Crippen LogP contribution >= 0.6 is 11.3 Å². The van der Waals surface area contributed by atoms with E-state index in [0.717, 1.165) is 25.3 Å². The summed E-state index contributed by atoms with van der Waals surface area (Å²) in [5.41, 5.74) is 0.929. The number of nitrogens with one attached hydrogen (secondary N) is 1. The fourth-order valence-electron chi connectivity index (χ4n) is 3.55. The zero-order valence-corrected chi connectivity index (χ0v) is 17.3. The molecule has 2 fully saturated rings. The van der Waals surface area contributed by atoms with E-state index in [0.29, 0.717) is 11.6 Å². The SMILES string of the molecule is CC1CN(Cc2csc(NC(=O)CCCN3C(=O)CN(C)C3=O)n2)CC(C)O1. The van der Waals surface area contributed by atoms with E-state index in [1.54, 1.807) is 7.05 Å². The third kappa shape index (κ3) is 5.27. The first kappa shape index (κ1) is 20.7. The lowest BCUT2D eigenvalue weighted by atomic mass is 10.2. The molecule has 154 valence electrons. The number of thiazole rings is 1. The van der Waals surface area contributed by atoms with Crippen LogP contribution in [-0.4, -0.2) is 83.0 Å². The number of nitrogens with zero attached hydrogens (tertiary/aromatic N) is 4. The number of carbonyl (C=O) groups is 3. The second-order valence-electron chi connectivity index (χ2n) is 7.43. The van der Waals surface area contributed by atoms with Gasteiger partial charge in [0.1, 0.15) is 6.54 Å². The highest BCUT2D eigenvalue weighted by molar-refractivity contribution is 7.13. The second kappa shape index (κ2) is 8.97. The minimum absolute atomic E-state index is 0.105. The number of urea groups is 1. The third-order valence-corrected chi connectivity index (χ3v) is 5.50. The number of aromatic nitrogens is 1. The molecule has 9 nitrogen and oxygen atoms in total. The van der Waals surface area contributed by atoms with E-state index in [9.17, 15) is 14.4 Å². The van der Waals surface area contributed by atoms with E-state index in [1.165, 1.54) is 21.1 Å². The Hall–Kier alpha value is -2.04. The van der Waals surface area contributed by atoms with Gasteiger partial charge in [-0.2, -0.15) is 0 Å². The maximum absolute atomic E-state index is 12.1. The number of ether oxygens (including phenoxy) is 1. The molecule has 10 heteroatoms. The van der Waals surface area contributed by atoms with E-state index in [1.807, 2.05) is 5.38 Å². The van der Waals surface area contributed by atoms with E-state index in [4.69, 9.17) is 4.74 Å². The molecule has 0 saturated carbocycles. The van der Waals surface area contributed by atoms with Crippen molar-refractivity contribution in [3.05, 3.63) is 11.1 Å². The van der Waals surface area contributed by atoms with Gasteiger partial charge in [0.15, 0.2) is 5.13 Å². The van der Waals surface area contributed by atoms with Crippen LogP contribution in [0.1, 0.15) is 32.4 Å². The van der Waals surface area contributed by atoms with Gasteiger partial charge in [-0.15, -0.1) is 11.3 Å². The number of likely N-dealkylation sites (N-methyl/N-ethyl adjacent to an activating group) is 1. The second-order valence-corrected chi connectivity index (χ2v) is 8.29. The molecule has 0 aromatic carbocycles. The third-order valence-electron chi connectivity index (χ3n) is 4.70. The van der Waals surface area contributed by atoms with E-state index < -0.39 is 0 Å². The molecule has 2 saturated heterocycles. The fraction of sp³-hybridized carbons (Fsp3) is 0.667. The summed E-state index contributed by atoms with van der Waals surface area (Å²) in [4.78, 5) is 45.0. The summed E-state index contributed by atoms with van der Waals surface area (Å²) in [7, 11) is 1.59. The van der Waals surface area contributed by atoms with Crippen molar-refractivity contribution in [2.24, 2.45) is 0 Å². The first-order valence-corrected chi connectivity index (χ1v) is 10.4. The van der Waals surface area contributed by atoms with Crippen LogP contribution in [0.25, 0.3) is 0 Å². The van der Waals surface area contributed by atoms with Crippen molar-refractivity contribution in [1.82, 2.24) is 19.7 Å². The Balaban J connectivity index is 1.41. The molecular formula is C18H27N5O4S. The van der Waals surface area contributed by atoms with Crippen molar-refractivity contribution in [3.8, 4) is 0 Å². The lowest BCUT2D eigenvalue weighted by molar-refractivity contribution is -0.125. The van der Waals surface area contributed by atoms with Crippen LogP contribution in [0.5, 0.6) is 0 Å². The number of anilines is 1. The minimum atomic E-state index is -0.304. The zero-order chi connectivity index (χ0) is 20.3. The molecule has 1 N–H and O–H groups in total. The normalized spacial score (nSPS) is 23.5. The summed E-state index contributed by atoms with van der Waals surface area (Å²) in [5, 5.41) is 5.33. The van der Waals surface area contributed by atoms with Gasteiger partial charge in [-0.3, -0.25) is 19.4 Å². The highest BCUT2D eigenvalue weighted by Gasteiger charge is 2.32. The first-order chi connectivity index (χ1) is 13.3. The largest absolute Gasteiger partial charge is 0.373 e. The van der Waals surface area contributed by atoms with Gasteiger partial charge in [0.2, 0.25) is 11.8 Å². The topological polar surface area (TPSA) is 95.1 Å². The Morgan fingerprint density at radius 1 is 1.32 bits per heavy atom. The van der Waals surface area contributed by atoms with Crippen LogP contribution in [0.3, 0.4) is 0 Å². The molecule has 1 aromatic rings. The summed E-state index contributed by atoms with van der Waals surface area (Å²) >= 11 is 1.40. The molecule has 2 aliphatic rings. The molecular weight excluding hydrogens is 382 g/mol. The molecule has 3 heterocycles. The molecule has 28 heavy (non-hydrogen) atoms. The summed E-state index contributed by atoms with van der Waals surface area (Å²) in [6.45, 7) is 6.96. The average molecular weight is 410 g/mol. The van der Waals surface area contributed by atoms with Gasteiger partial charge in [0.05, 0.1) is 17.9 Å². The number of rotatable bonds is 7. The van der Waals surface area contributed by atoms with E-state index in [2.05, 4.69) is 29.0 Å². The van der Waals surface area contributed by atoms with Crippen molar-refractivity contribution in [3.63, 3.8) is 0 Å². The van der Waals surface area contributed by atoms with Gasteiger partial charge in [-0.1, -0.05) is 0 Å². The standard InChI is InChI=1S/C18H27N5O4S/c1-12-7-22(8-13(2)27-12)9-14-11-28-17(19-14)20-15(24)5-4-6-23-16(25)10-21(3)18(23)26/h11-13H,4-10H2,1-3H3,(H,19,20,24). The Morgan fingerprint density at radius 2 is 2.04 bits per heavy atom. The molecule has 3 rings (SSSR count). The van der Waals surface area contributed by atoms with Crippen molar-refractivity contribution in [1.29, 1.82) is 0 Å². The van der Waals surface area contributed by atoms with Crippen LogP contribution in [0.2, 0.25) is 0 Å². The summed E-state index contributed by atoms with van der Waals surface area (Å²) in [6, 6.07) is -0.304. The number of imide groups is 1.